The standard InChI is InChI=1S/C30H35N3O4S/c1-21-10-16-27(17-11-21)38(36,37)33-18-6-7-23(20-33)29(35)32-26-9-5-8-25(19-26)31-28(34)22-12-14-24(15-13-22)30(2,3)4/h5,8-17,19,23H,6-7,18,20H2,1-4H3,(H,31,34)(H,32,35)/t23-/m0/s1. The zero-order valence-corrected chi connectivity index (χ0v) is 23.1. The van der Waals surface area contributed by atoms with Crippen molar-refractivity contribution >= 4 is 33.2 Å². The molecule has 2 amide bonds. The summed E-state index contributed by atoms with van der Waals surface area (Å²) in [4.78, 5) is 26.1. The predicted octanol–water partition coefficient (Wildman–Crippen LogP) is 5.58. The first-order valence-electron chi connectivity index (χ1n) is 12.8. The Morgan fingerprint density at radius 2 is 1.53 bits per heavy atom. The van der Waals surface area contributed by atoms with Gasteiger partial charge in [-0.2, -0.15) is 4.31 Å². The molecule has 1 aliphatic rings. The lowest BCUT2D eigenvalue weighted by Crippen LogP contribution is -2.43. The van der Waals surface area contributed by atoms with E-state index >= 15 is 0 Å². The van der Waals surface area contributed by atoms with Crippen molar-refractivity contribution in [2.45, 2.75) is 50.8 Å². The maximum Gasteiger partial charge on any atom is 0.255 e. The molecule has 0 bridgehead atoms. The van der Waals surface area contributed by atoms with Crippen molar-refractivity contribution < 1.29 is 18.0 Å². The Balaban J connectivity index is 1.39. The topological polar surface area (TPSA) is 95.6 Å². The fourth-order valence-corrected chi connectivity index (χ4v) is 6.00. The highest BCUT2D eigenvalue weighted by Gasteiger charge is 2.33. The molecule has 1 fully saturated rings. The summed E-state index contributed by atoms with van der Waals surface area (Å²) in [7, 11) is -3.67. The van der Waals surface area contributed by atoms with Crippen LogP contribution in [0.4, 0.5) is 11.4 Å². The van der Waals surface area contributed by atoms with E-state index in [9.17, 15) is 18.0 Å². The van der Waals surface area contributed by atoms with Crippen LogP contribution in [0.5, 0.6) is 0 Å². The number of amides is 2. The number of sulfonamides is 1. The summed E-state index contributed by atoms with van der Waals surface area (Å²) in [5.41, 5.74) is 3.77. The first-order chi connectivity index (χ1) is 17.9. The Labute approximate surface area is 225 Å². The molecule has 1 saturated heterocycles. The molecule has 0 saturated carbocycles. The zero-order chi connectivity index (χ0) is 27.5. The number of piperidine rings is 1. The molecule has 3 aromatic rings. The highest BCUT2D eigenvalue weighted by molar-refractivity contribution is 7.89. The number of hydrogen-bond donors (Lipinski definition) is 2. The molecule has 2 N–H and O–H groups in total. The van der Waals surface area contributed by atoms with E-state index in [-0.39, 0.29) is 28.7 Å². The maximum absolute atomic E-state index is 13.1. The lowest BCUT2D eigenvalue weighted by Gasteiger charge is -2.31. The molecule has 1 atom stereocenters. The van der Waals surface area contributed by atoms with Gasteiger partial charge in [-0.15, -0.1) is 0 Å². The van der Waals surface area contributed by atoms with Crippen molar-refractivity contribution in [3.8, 4) is 0 Å². The minimum atomic E-state index is -3.67. The highest BCUT2D eigenvalue weighted by atomic mass is 32.2. The van der Waals surface area contributed by atoms with Crippen LogP contribution in [0, 0.1) is 12.8 Å². The van der Waals surface area contributed by atoms with Gasteiger partial charge in [-0.3, -0.25) is 9.59 Å². The average Bonchev–Trinajstić information content (AvgIpc) is 2.89. The SMILES string of the molecule is Cc1ccc(S(=O)(=O)N2CCC[C@H](C(=O)Nc3cccc(NC(=O)c4ccc(C(C)(C)C)cc4)c3)C2)cc1. The van der Waals surface area contributed by atoms with Gasteiger partial charge < -0.3 is 10.6 Å². The molecule has 38 heavy (non-hydrogen) atoms. The van der Waals surface area contributed by atoms with Gasteiger partial charge in [-0.1, -0.05) is 56.7 Å². The molecule has 4 rings (SSSR count). The third-order valence-electron chi connectivity index (χ3n) is 6.81. The van der Waals surface area contributed by atoms with Gasteiger partial charge in [0, 0.05) is 30.0 Å². The Morgan fingerprint density at radius 3 is 2.16 bits per heavy atom. The highest BCUT2D eigenvalue weighted by Crippen LogP contribution is 2.26. The Kier molecular flexibility index (Phi) is 8.04. The second-order valence-electron chi connectivity index (χ2n) is 10.9. The fourth-order valence-electron chi connectivity index (χ4n) is 4.48. The second kappa shape index (κ2) is 11.1. The second-order valence-corrected chi connectivity index (χ2v) is 12.8. The summed E-state index contributed by atoms with van der Waals surface area (Å²) >= 11 is 0. The van der Waals surface area contributed by atoms with E-state index in [0.717, 1.165) is 11.1 Å². The smallest absolute Gasteiger partial charge is 0.255 e. The maximum atomic E-state index is 13.1. The normalized spacial score (nSPS) is 16.6. The van der Waals surface area contributed by atoms with Crippen LogP contribution in [0.3, 0.4) is 0 Å². The Hall–Kier alpha value is -3.49. The molecule has 0 unspecified atom stereocenters. The van der Waals surface area contributed by atoms with E-state index in [1.807, 2.05) is 19.1 Å². The molecular weight excluding hydrogens is 498 g/mol. The summed E-state index contributed by atoms with van der Waals surface area (Å²) in [6.07, 6.45) is 1.21. The number of nitrogens with zero attached hydrogens (tertiary/aromatic N) is 1. The molecule has 1 heterocycles. The van der Waals surface area contributed by atoms with Crippen molar-refractivity contribution in [1.82, 2.24) is 4.31 Å². The molecular formula is C30H35N3O4S. The van der Waals surface area contributed by atoms with Crippen molar-refractivity contribution in [3.05, 3.63) is 89.5 Å². The first kappa shape index (κ1) is 27.5. The Bertz CT molecular complexity index is 1410. The number of hydrogen-bond acceptors (Lipinski definition) is 4. The van der Waals surface area contributed by atoms with Gasteiger partial charge in [0.1, 0.15) is 0 Å². The average molecular weight is 534 g/mol. The zero-order valence-electron chi connectivity index (χ0n) is 22.3. The van der Waals surface area contributed by atoms with Gasteiger partial charge in [0.25, 0.3) is 5.91 Å². The third-order valence-corrected chi connectivity index (χ3v) is 8.69. The molecule has 0 spiro atoms. The van der Waals surface area contributed by atoms with E-state index in [2.05, 4.69) is 31.4 Å². The van der Waals surface area contributed by atoms with Gasteiger partial charge >= 0.3 is 0 Å². The van der Waals surface area contributed by atoms with E-state index in [0.29, 0.717) is 36.3 Å². The third kappa shape index (κ3) is 6.49. The number of rotatable bonds is 6. The number of anilines is 2. The number of aryl methyl sites for hydroxylation is 1. The fraction of sp³-hybridized carbons (Fsp3) is 0.333. The van der Waals surface area contributed by atoms with Crippen LogP contribution in [0.2, 0.25) is 0 Å². The van der Waals surface area contributed by atoms with E-state index in [4.69, 9.17) is 0 Å². The van der Waals surface area contributed by atoms with Crippen LogP contribution >= 0.6 is 0 Å². The van der Waals surface area contributed by atoms with Crippen LogP contribution < -0.4 is 10.6 Å². The van der Waals surface area contributed by atoms with Gasteiger partial charge in [-0.05, 0) is 73.2 Å². The number of carbonyl (C=O) groups is 2. The summed E-state index contributed by atoms with van der Waals surface area (Å²) in [6, 6.07) is 21.2. The minimum Gasteiger partial charge on any atom is -0.326 e. The lowest BCUT2D eigenvalue weighted by molar-refractivity contribution is -0.120. The van der Waals surface area contributed by atoms with Crippen molar-refractivity contribution in [2.24, 2.45) is 5.92 Å². The van der Waals surface area contributed by atoms with Crippen LogP contribution in [0.1, 0.15) is 55.1 Å². The minimum absolute atomic E-state index is 0.00175. The molecule has 0 aromatic heterocycles. The molecule has 8 heteroatoms. The largest absolute Gasteiger partial charge is 0.326 e. The molecule has 1 aliphatic heterocycles. The molecule has 3 aromatic carbocycles. The first-order valence-corrected chi connectivity index (χ1v) is 14.3. The number of carbonyl (C=O) groups excluding carboxylic acids is 2. The van der Waals surface area contributed by atoms with Crippen molar-refractivity contribution in [1.29, 1.82) is 0 Å². The quantitative estimate of drug-likeness (QED) is 0.432. The Morgan fingerprint density at radius 1 is 0.895 bits per heavy atom. The summed E-state index contributed by atoms with van der Waals surface area (Å²) in [5.74, 6) is -0.947. The van der Waals surface area contributed by atoms with Crippen LogP contribution in [-0.2, 0) is 20.2 Å². The number of nitrogens with one attached hydrogen (secondary N) is 2. The van der Waals surface area contributed by atoms with Gasteiger partial charge in [-0.25, -0.2) is 8.42 Å². The van der Waals surface area contributed by atoms with Crippen LogP contribution in [0.15, 0.2) is 77.7 Å². The summed E-state index contributed by atoms with van der Waals surface area (Å²) in [5, 5.41) is 5.78. The lowest BCUT2D eigenvalue weighted by atomic mass is 9.87. The van der Waals surface area contributed by atoms with Crippen LogP contribution in [-0.4, -0.2) is 37.6 Å². The predicted molar refractivity (Wildman–Crippen MR) is 151 cm³/mol. The van der Waals surface area contributed by atoms with Gasteiger partial charge in [0.15, 0.2) is 0 Å². The summed E-state index contributed by atoms with van der Waals surface area (Å²) in [6.45, 7) is 8.78. The van der Waals surface area contributed by atoms with E-state index in [1.165, 1.54) is 4.31 Å². The monoisotopic (exact) mass is 533 g/mol. The van der Waals surface area contributed by atoms with Crippen molar-refractivity contribution in [2.75, 3.05) is 23.7 Å². The van der Waals surface area contributed by atoms with E-state index < -0.39 is 15.9 Å². The summed E-state index contributed by atoms with van der Waals surface area (Å²) < 4.78 is 27.6. The molecule has 0 aliphatic carbocycles. The van der Waals surface area contributed by atoms with Gasteiger partial charge in [0.2, 0.25) is 15.9 Å². The molecule has 0 radical (unpaired) electrons. The number of benzene rings is 3. The molecule has 7 nitrogen and oxygen atoms in total. The van der Waals surface area contributed by atoms with Crippen molar-refractivity contribution in [3.63, 3.8) is 0 Å². The van der Waals surface area contributed by atoms with Crippen LogP contribution in [0.25, 0.3) is 0 Å². The van der Waals surface area contributed by atoms with Gasteiger partial charge in [0.05, 0.1) is 10.8 Å². The van der Waals surface area contributed by atoms with E-state index in [1.54, 1.807) is 60.7 Å². The molecule has 200 valence electrons.